The molecule has 2 heteroatoms. The topological polar surface area (TPSA) is 26.3 Å². The SMILES string of the molecule is C=C(C)C(=O)OC(CCCC)C(C)(C)C. The third-order valence-corrected chi connectivity index (χ3v) is 2.38. The molecule has 1 unspecified atom stereocenters. The summed E-state index contributed by atoms with van der Waals surface area (Å²) in [6.45, 7) is 13.7. The van der Waals surface area contributed by atoms with Gasteiger partial charge in [-0.3, -0.25) is 0 Å². The highest BCUT2D eigenvalue weighted by Gasteiger charge is 2.27. The molecule has 15 heavy (non-hydrogen) atoms. The van der Waals surface area contributed by atoms with Crippen molar-refractivity contribution in [1.29, 1.82) is 0 Å². The molecule has 0 saturated heterocycles. The fourth-order valence-corrected chi connectivity index (χ4v) is 1.29. The number of unbranched alkanes of at least 4 members (excludes halogenated alkanes) is 1. The monoisotopic (exact) mass is 212 g/mol. The van der Waals surface area contributed by atoms with E-state index in [0.29, 0.717) is 5.57 Å². The van der Waals surface area contributed by atoms with E-state index in [1.165, 1.54) is 0 Å². The van der Waals surface area contributed by atoms with Crippen LogP contribution in [-0.4, -0.2) is 12.1 Å². The van der Waals surface area contributed by atoms with Crippen LogP contribution in [0.5, 0.6) is 0 Å². The molecule has 0 radical (unpaired) electrons. The van der Waals surface area contributed by atoms with Crippen LogP contribution in [-0.2, 0) is 9.53 Å². The van der Waals surface area contributed by atoms with E-state index in [1.54, 1.807) is 6.92 Å². The fraction of sp³-hybridized carbons (Fsp3) is 0.769. The van der Waals surface area contributed by atoms with Crippen molar-refractivity contribution in [3.8, 4) is 0 Å². The first kappa shape index (κ1) is 14.2. The smallest absolute Gasteiger partial charge is 0.333 e. The second-order valence-electron chi connectivity index (χ2n) is 5.18. The lowest BCUT2D eigenvalue weighted by molar-refractivity contribution is -0.150. The molecule has 0 spiro atoms. The van der Waals surface area contributed by atoms with Crippen molar-refractivity contribution in [2.24, 2.45) is 5.41 Å². The van der Waals surface area contributed by atoms with Crippen LogP contribution in [0, 0.1) is 5.41 Å². The molecule has 88 valence electrons. The molecule has 0 N–H and O–H groups in total. The molecule has 0 fully saturated rings. The van der Waals surface area contributed by atoms with Gasteiger partial charge in [0.05, 0.1) is 0 Å². The van der Waals surface area contributed by atoms with Crippen LogP contribution < -0.4 is 0 Å². The molecule has 0 saturated carbocycles. The van der Waals surface area contributed by atoms with E-state index >= 15 is 0 Å². The molecule has 0 aliphatic carbocycles. The third-order valence-electron chi connectivity index (χ3n) is 2.38. The molecule has 0 aliphatic rings. The van der Waals surface area contributed by atoms with Crippen LogP contribution in [0.1, 0.15) is 53.9 Å². The van der Waals surface area contributed by atoms with E-state index in [0.717, 1.165) is 19.3 Å². The van der Waals surface area contributed by atoms with Crippen molar-refractivity contribution in [3.63, 3.8) is 0 Å². The van der Waals surface area contributed by atoms with Crippen molar-refractivity contribution < 1.29 is 9.53 Å². The lowest BCUT2D eigenvalue weighted by atomic mass is 9.86. The maximum atomic E-state index is 11.4. The lowest BCUT2D eigenvalue weighted by Crippen LogP contribution is -2.31. The summed E-state index contributed by atoms with van der Waals surface area (Å²) >= 11 is 0. The Balaban J connectivity index is 4.38. The van der Waals surface area contributed by atoms with Crippen molar-refractivity contribution in [2.45, 2.75) is 60.0 Å². The summed E-state index contributed by atoms with van der Waals surface area (Å²) in [6.07, 6.45) is 3.13. The van der Waals surface area contributed by atoms with Crippen LogP contribution in [0.4, 0.5) is 0 Å². The van der Waals surface area contributed by atoms with Gasteiger partial charge in [-0.1, -0.05) is 47.1 Å². The van der Waals surface area contributed by atoms with Crippen LogP contribution in [0.2, 0.25) is 0 Å². The van der Waals surface area contributed by atoms with Crippen molar-refractivity contribution in [1.82, 2.24) is 0 Å². The number of ether oxygens (including phenoxy) is 1. The van der Waals surface area contributed by atoms with Gasteiger partial charge in [0, 0.05) is 5.57 Å². The van der Waals surface area contributed by atoms with E-state index in [2.05, 4.69) is 34.3 Å². The van der Waals surface area contributed by atoms with Crippen molar-refractivity contribution >= 4 is 5.97 Å². The molecular formula is C13H24O2. The molecule has 0 heterocycles. The fourth-order valence-electron chi connectivity index (χ4n) is 1.29. The minimum absolute atomic E-state index is 0.000278. The van der Waals surface area contributed by atoms with E-state index in [4.69, 9.17) is 4.74 Å². The average molecular weight is 212 g/mol. The van der Waals surface area contributed by atoms with Crippen molar-refractivity contribution in [3.05, 3.63) is 12.2 Å². The van der Waals surface area contributed by atoms with Crippen LogP contribution >= 0.6 is 0 Å². The minimum atomic E-state index is -0.272. The Morgan fingerprint density at radius 1 is 1.40 bits per heavy atom. The first-order valence-corrected chi connectivity index (χ1v) is 5.65. The summed E-state index contributed by atoms with van der Waals surface area (Å²) in [7, 11) is 0. The molecule has 0 aromatic rings. The Bertz CT molecular complexity index is 223. The van der Waals surface area contributed by atoms with Crippen LogP contribution in [0.3, 0.4) is 0 Å². The standard InChI is InChI=1S/C13H24O2/c1-7-8-9-11(13(4,5)6)15-12(14)10(2)3/h11H,2,7-9H2,1,3-6H3. The highest BCUT2D eigenvalue weighted by Crippen LogP contribution is 2.27. The number of rotatable bonds is 5. The number of esters is 1. The highest BCUT2D eigenvalue weighted by molar-refractivity contribution is 5.87. The van der Waals surface area contributed by atoms with E-state index in [9.17, 15) is 4.79 Å². The van der Waals surface area contributed by atoms with Crippen LogP contribution in [0.25, 0.3) is 0 Å². The number of carbonyl (C=O) groups excluding carboxylic acids is 1. The Kier molecular flexibility index (Phi) is 5.63. The molecule has 0 aromatic heterocycles. The minimum Gasteiger partial charge on any atom is -0.458 e. The molecular weight excluding hydrogens is 188 g/mol. The predicted octanol–water partition coefficient (Wildman–Crippen LogP) is 3.71. The number of hydrogen-bond acceptors (Lipinski definition) is 2. The maximum absolute atomic E-state index is 11.4. The van der Waals surface area contributed by atoms with Crippen molar-refractivity contribution in [2.75, 3.05) is 0 Å². The maximum Gasteiger partial charge on any atom is 0.333 e. The normalized spacial score (nSPS) is 13.4. The van der Waals surface area contributed by atoms with E-state index < -0.39 is 0 Å². The first-order valence-electron chi connectivity index (χ1n) is 5.65. The Morgan fingerprint density at radius 2 is 1.93 bits per heavy atom. The average Bonchev–Trinajstić information content (AvgIpc) is 2.09. The van der Waals surface area contributed by atoms with Gasteiger partial charge >= 0.3 is 5.97 Å². The summed E-state index contributed by atoms with van der Waals surface area (Å²) < 4.78 is 5.44. The van der Waals surface area contributed by atoms with Gasteiger partial charge in [-0.2, -0.15) is 0 Å². The first-order chi connectivity index (χ1) is 6.79. The van der Waals surface area contributed by atoms with Gasteiger partial charge < -0.3 is 4.74 Å². The second kappa shape index (κ2) is 5.94. The number of carbonyl (C=O) groups is 1. The Hall–Kier alpha value is -0.790. The zero-order chi connectivity index (χ0) is 12.1. The van der Waals surface area contributed by atoms with Crippen LogP contribution in [0.15, 0.2) is 12.2 Å². The molecule has 0 rings (SSSR count). The number of hydrogen-bond donors (Lipinski definition) is 0. The van der Waals surface area contributed by atoms with Gasteiger partial charge in [0.15, 0.2) is 0 Å². The largest absolute Gasteiger partial charge is 0.458 e. The summed E-state index contributed by atoms with van der Waals surface area (Å²) in [5, 5.41) is 0. The summed E-state index contributed by atoms with van der Waals surface area (Å²) in [6, 6.07) is 0. The van der Waals surface area contributed by atoms with E-state index in [1.807, 2.05) is 0 Å². The third kappa shape index (κ3) is 5.60. The second-order valence-corrected chi connectivity index (χ2v) is 5.18. The predicted molar refractivity (Wildman–Crippen MR) is 63.7 cm³/mol. The van der Waals surface area contributed by atoms with Gasteiger partial charge in [0.25, 0.3) is 0 Å². The highest BCUT2D eigenvalue weighted by atomic mass is 16.5. The van der Waals surface area contributed by atoms with Gasteiger partial charge in [-0.25, -0.2) is 4.79 Å². The molecule has 1 atom stereocenters. The van der Waals surface area contributed by atoms with Gasteiger partial charge in [0.2, 0.25) is 0 Å². The summed E-state index contributed by atoms with van der Waals surface area (Å²) in [5.41, 5.74) is 0.473. The summed E-state index contributed by atoms with van der Waals surface area (Å²) in [4.78, 5) is 11.4. The quantitative estimate of drug-likeness (QED) is 0.513. The Morgan fingerprint density at radius 3 is 2.27 bits per heavy atom. The molecule has 0 bridgehead atoms. The molecule has 0 aliphatic heterocycles. The summed E-state index contributed by atoms with van der Waals surface area (Å²) in [5.74, 6) is -0.272. The molecule has 0 amide bonds. The lowest BCUT2D eigenvalue weighted by Gasteiger charge is -2.30. The molecule has 0 aromatic carbocycles. The zero-order valence-electron chi connectivity index (χ0n) is 10.7. The van der Waals surface area contributed by atoms with E-state index in [-0.39, 0.29) is 17.5 Å². The Labute approximate surface area is 93.7 Å². The van der Waals surface area contributed by atoms with Gasteiger partial charge in [-0.05, 0) is 18.8 Å². The zero-order valence-corrected chi connectivity index (χ0v) is 10.7. The van der Waals surface area contributed by atoms with Gasteiger partial charge in [0.1, 0.15) is 6.10 Å². The van der Waals surface area contributed by atoms with Gasteiger partial charge in [-0.15, -0.1) is 0 Å². The molecule has 2 nitrogen and oxygen atoms in total.